The van der Waals surface area contributed by atoms with Crippen LogP contribution in [0.2, 0.25) is 0 Å². The molecular weight excluding hydrogens is 352 g/mol. The van der Waals surface area contributed by atoms with Gasteiger partial charge in [0, 0.05) is 7.11 Å². The molecule has 2 rings (SSSR count). The van der Waals surface area contributed by atoms with Gasteiger partial charge in [-0.25, -0.2) is 4.79 Å². The Balaban J connectivity index is 2.44. The van der Waals surface area contributed by atoms with Crippen molar-refractivity contribution in [2.45, 2.75) is 6.92 Å². The van der Waals surface area contributed by atoms with Crippen LogP contribution in [-0.4, -0.2) is 46.8 Å². The molecule has 7 heteroatoms. The molecule has 0 saturated heterocycles. The Bertz CT molecular complexity index is 842. The van der Waals surface area contributed by atoms with Crippen molar-refractivity contribution in [1.82, 2.24) is 0 Å². The fraction of sp³-hybridized carbons (Fsp3) is 0.300. The van der Waals surface area contributed by atoms with Gasteiger partial charge in [-0.05, 0) is 36.8 Å². The van der Waals surface area contributed by atoms with E-state index in [9.17, 15) is 9.59 Å². The molecule has 0 N–H and O–H groups in total. The molecule has 0 amide bonds. The second-order valence-corrected chi connectivity index (χ2v) is 5.63. The van der Waals surface area contributed by atoms with Gasteiger partial charge in [0.15, 0.2) is 17.3 Å². The molecule has 7 nitrogen and oxygen atoms in total. The first-order valence-electron chi connectivity index (χ1n) is 8.10. The van der Waals surface area contributed by atoms with Crippen molar-refractivity contribution in [3.05, 3.63) is 47.0 Å². The average Bonchev–Trinajstić information content (AvgIpc) is 2.66. The minimum Gasteiger partial charge on any atom is -0.493 e. The molecule has 0 aliphatic rings. The Morgan fingerprint density at radius 1 is 0.815 bits per heavy atom. The number of hydrogen-bond acceptors (Lipinski definition) is 7. The lowest BCUT2D eigenvalue weighted by Gasteiger charge is -2.16. The fourth-order valence-electron chi connectivity index (χ4n) is 2.57. The number of carbonyl (C=O) groups excluding carboxylic acids is 2. The van der Waals surface area contributed by atoms with E-state index in [1.54, 1.807) is 24.3 Å². The van der Waals surface area contributed by atoms with E-state index in [-0.39, 0.29) is 40.8 Å². The number of Topliss-reactive ketones (excluding diaryl/α,β-unsaturated/α-hetero) is 1. The van der Waals surface area contributed by atoms with Crippen LogP contribution in [0.15, 0.2) is 30.3 Å². The highest BCUT2D eigenvalue weighted by Crippen LogP contribution is 2.40. The third kappa shape index (κ3) is 4.38. The number of benzene rings is 2. The number of ether oxygens (including phenoxy) is 5. The number of ketones is 1. The van der Waals surface area contributed by atoms with Gasteiger partial charge in [-0.15, -0.1) is 0 Å². The molecule has 0 radical (unpaired) electrons. The highest BCUT2D eigenvalue weighted by atomic mass is 16.5. The summed E-state index contributed by atoms with van der Waals surface area (Å²) in [6.45, 7) is 1.71. The Labute approximate surface area is 157 Å². The second kappa shape index (κ2) is 9.05. The minimum atomic E-state index is -0.690. The van der Waals surface area contributed by atoms with Crippen molar-refractivity contribution >= 4 is 11.8 Å². The quantitative estimate of drug-likeness (QED) is 0.399. The van der Waals surface area contributed by atoms with E-state index < -0.39 is 5.97 Å². The van der Waals surface area contributed by atoms with Crippen molar-refractivity contribution in [1.29, 1.82) is 0 Å². The van der Waals surface area contributed by atoms with Crippen LogP contribution in [0.3, 0.4) is 0 Å². The normalized spacial score (nSPS) is 10.3. The maximum Gasteiger partial charge on any atom is 0.347 e. The van der Waals surface area contributed by atoms with Gasteiger partial charge in [-0.1, -0.05) is 6.07 Å². The van der Waals surface area contributed by atoms with Gasteiger partial charge in [0.1, 0.15) is 17.9 Å². The van der Waals surface area contributed by atoms with E-state index >= 15 is 0 Å². The lowest BCUT2D eigenvalue weighted by molar-refractivity contribution is 0.0725. The van der Waals surface area contributed by atoms with Gasteiger partial charge in [0.25, 0.3) is 0 Å². The Morgan fingerprint density at radius 3 is 2.07 bits per heavy atom. The first-order chi connectivity index (χ1) is 13.0. The lowest BCUT2D eigenvalue weighted by atomic mass is 10.1. The Morgan fingerprint density at radius 2 is 1.48 bits per heavy atom. The number of esters is 1. The molecule has 0 fully saturated rings. The third-order valence-corrected chi connectivity index (χ3v) is 3.84. The summed E-state index contributed by atoms with van der Waals surface area (Å²) in [6, 6.07) is 8.07. The maximum absolute atomic E-state index is 12.8. The summed E-state index contributed by atoms with van der Waals surface area (Å²) in [5.74, 6) is 0.0365. The van der Waals surface area contributed by atoms with E-state index in [1.165, 1.54) is 34.5 Å². The SMILES string of the molecule is COCC(=O)c1ccc(C)cc1OC(=O)c1ccc(OC)c(OC)c1OC. The fourth-order valence-corrected chi connectivity index (χ4v) is 2.57. The van der Waals surface area contributed by atoms with Crippen LogP contribution in [0.4, 0.5) is 0 Å². The van der Waals surface area contributed by atoms with Crippen molar-refractivity contribution in [3.8, 4) is 23.0 Å². The predicted molar refractivity (Wildman–Crippen MR) is 98.4 cm³/mol. The summed E-state index contributed by atoms with van der Waals surface area (Å²) < 4.78 is 26.2. The van der Waals surface area contributed by atoms with Gasteiger partial charge in [0.2, 0.25) is 5.75 Å². The van der Waals surface area contributed by atoms with Gasteiger partial charge in [-0.3, -0.25) is 4.79 Å². The van der Waals surface area contributed by atoms with Crippen LogP contribution >= 0.6 is 0 Å². The summed E-state index contributed by atoms with van der Waals surface area (Å²) >= 11 is 0. The number of hydrogen-bond donors (Lipinski definition) is 0. The first-order valence-corrected chi connectivity index (χ1v) is 8.10. The maximum atomic E-state index is 12.8. The summed E-state index contributed by atoms with van der Waals surface area (Å²) in [7, 11) is 5.76. The highest BCUT2D eigenvalue weighted by molar-refractivity contribution is 6.02. The topological polar surface area (TPSA) is 80.3 Å². The summed E-state index contributed by atoms with van der Waals surface area (Å²) in [5.41, 5.74) is 1.24. The van der Waals surface area contributed by atoms with Gasteiger partial charge in [-0.2, -0.15) is 0 Å². The molecule has 0 aromatic heterocycles. The zero-order chi connectivity index (χ0) is 20.0. The molecule has 0 saturated carbocycles. The predicted octanol–water partition coefficient (Wildman–Crippen LogP) is 3.07. The number of carbonyl (C=O) groups is 2. The van der Waals surface area contributed by atoms with E-state index in [1.807, 2.05) is 6.92 Å². The molecule has 0 heterocycles. The highest BCUT2D eigenvalue weighted by Gasteiger charge is 2.24. The minimum absolute atomic E-state index is 0.118. The van der Waals surface area contributed by atoms with Crippen LogP contribution < -0.4 is 18.9 Å². The zero-order valence-electron chi connectivity index (χ0n) is 16.0. The zero-order valence-corrected chi connectivity index (χ0v) is 16.0. The van der Waals surface area contributed by atoms with E-state index in [2.05, 4.69) is 0 Å². The van der Waals surface area contributed by atoms with Crippen molar-refractivity contribution < 1.29 is 33.3 Å². The molecule has 2 aromatic carbocycles. The molecule has 2 aromatic rings. The number of methoxy groups -OCH3 is 4. The molecule has 0 atom stereocenters. The number of rotatable bonds is 8. The van der Waals surface area contributed by atoms with Crippen LogP contribution in [-0.2, 0) is 4.74 Å². The smallest absolute Gasteiger partial charge is 0.347 e. The van der Waals surface area contributed by atoms with E-state index in [0.717, 1.165) is 5.56 Å². The molecule has 0 bridgehead atoms. The van der Waals surface area contributed by atoms with Crippen LogP contribution in [0, 0.1) is 6.92 Å². The second-order valence-electron chi connectivity index (χ2n) is 5.63. The summed E-state index contributed by atoms with van der Waals surface area (Å²) in [4.78, 5) is 25.0. The Kier molecular flexibility index (Phi) is 6.79. The van der Waals surface area contributed by atoms with Gasteiger partial charge in [0.05, 0.1) is 26.9 Å². The van der Waals surface area contributed by atoms with E-state index in [0.29, 0.717) is 5.75 Å². The van der Waals surface area contributed by atoms with Crippen molar-refractivity contribution in [2.24, 2.45) is 0 Å². The van der Waals surface area contributed by atoms with Crippen molar-refractivity contribution in [3.63, 3.8) is 0 Å². The molecule has 0 aliphatic heterocycles. The monoisotopic (exact) mass is 374 g/mol. The van der Waals surface area contributed by atoms with Gasteiger partial charge < -0.3 is 23.7 Å². The molecule has 144 valence electrons. The third-order valence-electron chi connectivity index (χ3n) is 3.84. The van der Waals surface area contributed by atoms with Crippen molar-refractivity contribution in [2.75, 3.05) is 35.0 Å². The lowest BCUT2D eigenvalue weighted by Crippen LogP contribution is -2.15. The van der Waals surface area contributed by atoms with Crippen LogP contribution in [0.25, 0.3) is 0 Å². The summed E-state index contributed by atoms with van der Waals surface area (Å²) in [5, 5.41) is 0. The standard InChI is InChI=1S/C20H22O7/c1-12-6-7-13(15(21)11-23-2)17(10-12)27-20(22)14-8-9-16(24-3)19(26-5)18(14)25-4/h6-10H,11H2,1-5H3. The first kappa shape index (κ1) is 20.3. The Hall–Kier alpha value is -3.06. The molecule has 27 heavy (non-hydrogen) atoms. The largest absolute Gasteiger partial charge is 0.493 e. The van der Waals surface area contributed by atoms with Crippen LogP contribution in [0.5, 0.6) is 23.0 Å². The molecular formula is C20H22O7. The van der Waals surface area contributed by atoms with E-state index in [4.69, 9.17) is 23.7 Å². The molecule has 0 aliphatic carbocycles. The summed E-state index contributed by atoms with van der Waals surface area (Å²) in [6.07, 6.45) is 0. The average molecular weight is 374 g/mol. The molecule has 0 spiro atoms. The number of aryl methyl sites for hydroxylation is 1. The van der Waals surface area contributed by atoms with Crippen LogP contribution in [0.1, 0.15) is 26.3 Å². The molecule has 0 unspecified atom stereocenters. The van der Waals surface area contributed by atoms with Gasteiger partial charge >= 0.3 is 5.97 Å².